The molecule has 4 aromatic rings. The fraction of sp³-hybridized carbons (Fsp3) is 0.100. The summed E-state index contributed by atoms with van der Waals surface area (Å²) in [6.45, 7) is 0. The summed E-state index contributed by atoms with van der Waals surface area (Å²) in [5, 5.41) is 4.23. The molecule has 0 aromatic heterocycles. The predicted molar refractivity (Wildman–Crippen MR) is 158 cm³/mol. The lowest BCUT2D eigenvalue weighted by atomic mass is 9.85. The number of hydrazone groups is 1. The van der Waals surface area contributed by atoms with Crippen LogP contribution >= 0.6 is 47.8 Å². The Kier molecular flexibility index (Phi) is 7.93. The summed E-state index contributed by atoms with van der Waals surface area (Å²) in [7, 11) is 0. The minimum Gasteiger partial charge on any atom is -0.421 e. The predicted octanol–water partition coefficient (Wildman–Crippen LogP) is 7.65. The topological polar surface area (TPSA) is 67.8 Å². The van der Waals surface area contributed by atoms with Gasteiger partial charge in [0.1, 0.15) is 0 Å². The number of hydrogen-bond acceptors (Lipinski definition) is 4. The maximum Gasteiger partial charge on any atom is 0.344 e. The molecule has 4 aromatic carbocycles. The molecule has 1 atom stereocenters. The van der Waals surface area contributed by atoms with Crippen LogP contribution in [0, 0.1) is 5.92 Å². The van der Waals surface area contributed by atoms with Crippen LogP contribution in [0.4, 0.5) is 0 Å². The van der Waals surface area contributed by atoms with Gasteiger partial charge in [0.2, 0.25) is 5.91 Å². The van der Waals surface area contributed by atoms with E-state index < -0.39 is 5.97 Å². The van der Waals surface area contributed by atoms with Gasteiger partial charge in [-0.3, -0.25) is 4.79 Å². The summed E-state index contributed by atoms with van der Waals surface area (Å²) < 4.78 is 7.67. The third-order valence-electron chi connectivity index (χ3n) is 6.56. The van der Waals surface area contributed by atoms with E-state index in [-0.39, 0.29) is 17.2 Å². The Hall–Kier alpha value is -3.07. The largest absolute Gasteiger partial charge is 0.421 e. The van der Waals surface area contributed by atoms with Gasteiger partial charge < -0.3 is 4.74 Å². The van der Waals surface area contributed by atoms with Gasteiger partial charge in [-0.25, -0.2) is 10.2 Å². The average Bonchev–Trinajstić information content (AvgIpc) is 3.69. The molecule has 0 saturated heterocycles. The molecule has 1 N–H and O–H groups in total. The Bertz CT molecular complexity index is 1490. The number of esters is 1. The molecule has 1 fully saturated rings. The lowest BCUT2D eigenvalue weighted by molar-refractivity contribution is -0.122. The number of nitrogens with one attached hydrogen (secondary N) is 1. The quantitative estimate of drug-likeness (QED) is 0.0935. The van der Waals surface area contributed by atoms with Crippen molar-refractivity contribution in [2.45, 2.75) is 11.8 Å². The van der Waals surface area contributed by atoms with Crippen LogP contribution in [0.25, 0.3) is 0 Å². The van der Waals surface area contributed by atoms with Crippen LogP contribution in [0.2, 0.25) is 0 Å². The molecule has 5 rings (SSSR count). The summed E-state index contributed by atoms with van der Waals surface area (Å²) in [6.07, 6.45) is 2.17. The number of ether oxygens (including phenoxy) is 1. The van der Waals surface area contributed by atoms with Crippen molar-refractivity contribution in [3.63, 3.8) is 0 Å². The Morgan fingerprint density at radius 2 is 1.45 bits per heavy atom. The van der Waals surface area contributed by atoms with Gasteiger partial charge in [0.05, 0.1) is 22.2 Å². The minimum atomic E-state index is -0.521. The van der Waals surface area contributed by atoms with Crippen LogP contribution in [0.15, 0.2) is 116 Å². The lowest BCUT2D eigenvalue weighted by Gasteiger charge is -2.18. The summed E-state index contributed by atoms with van der Waals surface area (Å²) in [5.74, 6) is -0.657. The van der Waals surface area contributed by atoms with E-state index in [9.17, 15) is 9.59 Å². The number of nitrogens with zero attached hydrogens (tertiary/aromatic N) is 1. The first-order valence-corrected chi connectivity index (χ1v) is 14.2. The van der Waals surface area contributed by atoms with Gasteiger partial charge >= 0.3 is 5.97 Å². The number of carbonyl (C=O) groups is 2. The first kappa shape index (κ1) is 26.5. The van der Waals surface area contributed by atoms with Crippen molar-refractivity contribution in [2.75, 3.05) is 0 Å². The monoisotopic (exact) mass is 694 g/mol. The molecule has 0 heterocycles. The van der Waals surface area contributed by atoms with E-state index in [1.165, 1.54) is 6.21 Å². The molecule has 0 spiro atoms. The first-order chi connectivity index (χ1) is 18.4. The van der Waals surface area contributed by atoms with Crippen LogP contribution in [0.3, 0.4) is 0 Å². The molecule has 1 aliphatic carbocycles. The molecule has 1 aliphatic rings. The Morgan fingerprint density at radius 3 is 2.08 bits per heavy atom. The van der Waals surface area contributed by atoms with Crippen molar-refractivity contribution in [2.24, 2.45) is 11.0 Å². The number of amides is 1. The number of benzene rings is 4. The fourth-order valence-electron chi connectivity index (χ4n) is 4.66. The smallest absolute Gasteiger partial charge is 0.344 e. The second-order valence-electron chi connectivity index (χ2n) is 8.87. The highest BCUT2D eigenvalue weighted by molar-refractivity contribution is 9.11. The third kappa shape index (κ3) is 5.39. The number of halogens is 3. The second kappa shape index (κ2) is 11.4. The zero-order valence-corrected chi connectivity index (χ0v) is 24.7. The maximum absolute atomic E-state index is 13.2. The summed E-state index contributed by atoms with van der Waals surface area (Å²) >= 11 is 10.3. The van der Waals surface area contributed by atoms with E-state index in [0.717, 1.165) is 15.6 Å². The van der Waals surface area contributed by atoms with Crippen molar-refractivity contribution in [3.8, 4) is 5.75 Å². The first-order valence-electron chi connectivity index (χ1n) is 11.8. The molecule has 38 heavy (non-hydrogen) atoms. The lowest BCUT2D eigenvalue weighted by Crippen LogP contribution is -2.25. The van der Waals surface area contributed by atoms with E-state index >= 15 is 0 Å². The molecule has 8 heteroatoms. The van der Waals surface area contributed by atoms with Crippen molar-refractivity contribution >= 4 is 65.9 Å². The van der Waals surface area contributed by atoms with E-state index in [1.54, 1.807) is 30.3 Å². The minimum absolute atomic E-state index is 0.172. The molecule has 1 saturated carbocycles. The molecule has 190 valence electrons. The van der Waals surface area contributed by atoms with Crippen molar-refractivity contribution < 1.29 is 14.3 Å². The Balaban J connectivity index is 1.36. The molecular formula is C30H21Br3N2O3. The molecule has 0 radical (unpaired) electrons. The van der Waals surface area contributed by atoms with E-state index in [2.05, 4.69) is 82.6 Å². The van der Waals surface area contributed by atoms with Crippen LogP contribution in [0.5, 0.6) is 5.75 Å². The van der Waals surface area contributed by atoms with Gasteiger partial charge in [-0.1, -0.05) is 88.7 Å². The van der Waals surface area contributed by atoms with Gasteiger partial charge in [-0.2, -0.15) is 5.10 Å². The molecule has 5 nitrogen and oxygen atoms in total. The number of carbonyl (C=O) groups excluding carboxylic acids is 2. The van der Waals surface area contributed by atoms with Gasteiger partial charge in [-0.05, 0) is 73.7 Å². The van der Waals surface area contributed by atoms with Gasteiger partial charge in [0, 0.05) is 19.9 Å². The van der Waals surface area contributed by atoms with Crippen LogP contribution < -0.4 is 10.2 Å². The zero-order valence-electron chi connectivity index (χ0n) is 19.9. The second-order valence-corrected chi connectivity index (χ2v) is 11.5. The van der Waals surface area contributed by atoms with Crippen molar-refractivity contribution in [3.05, 3.63) is 133 Å². The standard InChI is InChI=1S/C30H21Br3N2O3/c31-22-15-19(27(26(33)16-22)38-29(37)23-13-7-8-14-25(23)32)18-34-35-28(36)24-17-30(24,20-9-3-1-4-10-20)21-11-5-2-6-12-21/h1-16,18,24H,17H2,(H,35,36). The van der Waals surface area contributed by atoms with Gasteiger partial charge in [0.15, 0.2) is 5.75 Å². The van der Waals surface area contributed by atoms with Gasteiger partial charge in [0.25, 0.3) is 0 Å². The Labute approximate surface area is 245 Å². The van der Waals surface area contributed by atoms with E-state index in [4.69, 9.17) is 4.74 Å². The third-order valence-corrected chi connectivity index (χ3v) is 8.30. The molecule has 0 bridgehead atoms. The van der Waals surface area contributed by atoms with Crippen LogP contribution in [-0.2, 0) is 10.2 Å². The molecule has 0 aliphatic heterocycles. The van der Waals surface area contributed by atoms with E-state index in [1.807, 2.05) is 42.5 Å². The van der Waals surface area contributed by atoms with Crippen LogP contribution in [-0.4, -0.2) is 18.1 Å². The van der Waals surface area contributed by atoms with Crippen molar-refractivity contribution in [1.29, 1.82) is 0 Å². The summed E-state index contributed by atoms with van der Waals surface area (Å²) in [4.78, 5) is 26.1. The zero-order chi connectivity index (χ0) is 26.7. The van der Waals surface area contributed by atoms with E-state index in [0.29, 0.717) is 32.2 Å². The summed E-state index contributed by atoms with van der Waals surface area (Å²) in [6, 6.07) is 30.7. The molecule has 1 unspecified atom stereocenters. The molecule has 1 amide bonds. The highest BCUT2D eigenvalue weighted by Crippen LogP contribution is 2.58. The average molecular weight is 697 g/mol. The Morgan fingerprint density at radius 1 is 0.842 bits per heavy atom. The highest BCUT2D eigenvalue weighted by atomic mass is 79.9. The maximum atomic E-state index is 13.2. The van der Waals surface area contributed by atoms with Crippen LogP contribution in [0.1, 0.15) is 33.5 Å². The van der Waals surface area contributed by atoms with Gasteiger partial charge in [-0.15, -0.1) is 0 Å². The fourth-order valence-corrected chi connectivity index (χ4v) is 6.44. The number of hydrogen-bond donors (Lipinski definition) is 1. The normalized spacial score (nSPS) is 15.7. The summed E-state index contributed by atoms with van der Waals surface area (Å²) in [5.41, 5.74) is 5.43. The highest BCUT2D eigenvalue weighted by Gasteiger charge is 2.60. The molecular weight excluding hydrogens is 676 g/mol. The van der Waals surface area contributed by atoms with Crippen molar-refractivity contribution in [1.82, 2.24) is 5.43 Å². The number of rotatable bonds is 7. The SMILES string of the molecule is O=C(Oc1c(Br)cc(Br)cc1C=NNC(=O)C1CC1(c1ccccc1)c1ccccc1)c1ccccc1Br.